The predicted octanol–water partition coefficient (Wildman–Crippen LogP) is 3.95. The summed E-state index contributed by atoms with van der Waals surface area (Å²) in [4.78, 5) is 0. The molecule has 144 valence electrons. The third-order valence-electron chi connectivity index (χ3n) is 3.62. The zero-order valence-electron chi connectivity index (χ0n) is 15.7. The molecule has 0 unspecified atom stereocenters. The minimum Gasteiger partial charge on any atom is -0.493 e. The molecule has 9 heteroatoms. The Labute approximate surface area is 156 Å². The van der Waals surface area contributed by atoms with Crippen LogP contribution in [0.1, 0.15) is 5.56 Å². The molecule has 27 heavy (non-hydrogen) atoms. The number of hydrogen-bond donors (Lipinski definition) is 1. The Kier molecular flexibility index (Phi) is 6.81. The number of methoxy groups -OCH3 is 5. The fourth-order valence-corrected chi connectivity index (χ4v) is 2.44. The van der Waals surface area contributed by atoms with Gasteiger partial charge in [-0.3, -0.25) is 0 Å². The molecule has 2 aromatic carbocycles. The number of ether oxygens (including phenoxy) is 5. The molecular weight excluding hydrogens is 354 g/mol. The minimum atomic E-state index is 0.419. The molecule has 0 spiro atoms. The van der Waals surface area contributed by atoms with Crippen molar-refractivity contribution in [3.8, 4) is 28.7 Å². The van der Waals surface area contributed by atoms with Gasteiger partial charge in [-0.05, 0) is 6.07 Å². The summed E-state index contributed by atoms with van der Waals surface area (Å²) >= 11 is 0. The molecule has 0 aliphatic heterocycles. The molecular formula is C18H21N3O6. The summed E-state index contributed by atoms with van der Waals surface area (Å²) in [6.45, 7) is 0. The molecule has 0 amide bonds. The van der Waals surface area contributed by atoms with Crippen molar-refractivity contribution >= 4 is 17.6 Å². The normalized spacial score (nSPS) is 11.0. The monoisotopic (exact) mass is 375 g/mol. The maximum absolute atomic E-state index is 8.85. The average Bonchev–Trinajstić information content (AvgIpc) is 2.70. The zero-order chi connectivity index (χ0) is 19.8. The van der Waals surface area contributed by atoms with Crippen molar-refractivity contribution in [2.45, 2.75) is 0 Å². The van der Waals surface area contributed by atoms with Crippen LogP contribution < -0.4 is 23.7 Å². The first-order chi connectivity index (χ1) is 13.1. The number of oxime groups is 1. The molecule has 0 aliphatic carbocycles. The fraction of sp³-hybridized carbons (Fsp3) is 0.278. The third-order valence-corrected chi connectivity index (χ3v) is 3.62. The number of benzene rings is 2. The lowest BCUT2D eigenvalue weighted by atomic mass is 10.1. The number of nitrogens with zero attached hydrogens (tertiary/aromatic N) is 3. The van der Waals surface area contributed by atoms with Crippen LogP contribution in [0.4, 0.5) is 11.4 Å². The predicted molar refractivity (Wildman–Crippen MR) is 99.2 cm³/mol. The van der Waals surface area contributed by atoms with Crippen molar-refractivity contribution in [2.75, 3.05) is 35.5 Å². The van der Waals surface area contributed by atoms with E-state index >= 15 is 0 Å². The Bertz CT molecular complexity index is 826. The molecule has 2 aromatic rings. The number of azo groups is 1. The van der Waals surface area contributed by atoms with E-state index in [0.717, 1.165) is 0 Å². The van der Waals surface area contributed by atoms with Gasteiger partial charge in [0, 0.05) is 23.8 Å². The minimum absolute atomic E-state index is 0.419. The van der Waals surface area contributed by atoms with Crippen LogP contribution in [-0.4, -0.2) is 47.0 Å². The standard InChI is InChI=1S/C18H21N3O6/c1-23-14-7-12(6-11(10-19-22)17(14)26-4)20-21-13-8-15(24-2)18(27-5)16(9-13)25-3/h6-10,22H,1-5H3/b19-10+,21-20?. The van der Waals surface area contributed by atoms with Crippen LogP contribution >= 0.6 is 0 Å². The van der Waals surface area contributed by atoms with E-state index in [2.05, 4.69) is 15.4 Å². The van der Waals surface area contributed by atoms with Gasteiger partial charge < -0.3 is 28.9 Å². The Balaban J connectivity index is 2.47. The lowest BCUT2D eigenvalue weighted by Gasteiger charge is -2.12. The molecule has 0 fully saturated rings. The second-order valence-corrected chi connectivity index (χ2v) is 5.10. The highest BCUT2D eigenvalue weighted by atomic mass is 16.5. The molecule has 0 bridgehead atoms. The van der Waals surface area contributed by atoms with Crippen LogP contribution in [0.2, 0.25) is 0 Å². The molecule has 0 atom stereocenters. The van der Waals surface area contributed by atoms with Gasteiger partial charge in [0.25, 0.3) is 0 Å². The Morgan fingerprint density at radius 3 is 1.52 bits per heavy atom. The van der Waals surface area contributed by atoms with Crippen LogP contribution in [0.25, 0.3) is 0 Å². The summed E-state index contributed by atoms with van der Waals surface area (Å²) in [6.07, 6.45) is 1.22. The van der Waals surface area contributed by atoms with Gasteiger partial charge in [-0.2, -0.15) is 10.2 Å². The van der Waals surface area contributed by atoms with Crippen LogP contribution in [0.15, 0.2) is 39.6 Å². The summed E-state index contributed by atoms with van der Waals surface area (Å²) in [7, 11) is 7.55. The van der Waals surface area contributed by atoms with Gasteiger partial charge in [0.15, 0.2) is 23.0 Å². The zero-order valence-corrected chi connectivity index (χ0v) is 15.7. The topological polar surface area (TPSA) is 103 Å². The Hall–Kier alpha value is -3.49. The molecule has 0 saturated carbocycles. The highest BCUT2D eigenvalue weighted by Gasteiger charge is 2.14. The van der Waals surface area contributed by atoms with E-state index in [4.69, 9.17) is 28.9 Å². The van der Waals surface area contributed by atoms with Gasteiger partial charge in [0.05, 0.1) is 53.1 Å². The maximum Gasteiger partial charge on any atom is 0.203 e. The summed E-state index contributed by atoms with van der Waals surface area (Å²) in [5, 5.41) is 20.3. The fourth-order valence-electron chi connectivity index (χ4n) is 2.44. The van der Waals surface area contributed by atoms with Crippen LogP contribution in [0, 0.1) is 0 Å². The highest BCUT2D eigenvalue weighted by molar-refractivity contribution is 5.86. The third kappa shape index (κ3) is 4.38. The molecule has 9 nitrogen and oxygen atoms in total. The van der Waals surface area contributed by atoms with E-state index in [1.807, 2.05) is 0 Å². The number of hydrogen-bond acceptors (Lipinski definition) is 9. The molecule has 2 rings (SSSR count). The smallest absolute Gasteiger partial charge is 0.203 e. The van der Waals surface area contributed by atoms with E-state index in [1.165, 1.54) is 41.8 Å². The van der Waals surface area contributed by atoms with E-state index in [1.54, 1.807) is 24.3 Å². The molecule has 0 aliphatic rings. The van der Waals surface area contributed by atoms with Crippen LogP contribution in [0.5, 0.6) is 28.7 Å². The second-order valence-electron chi connectivity index (χ2n) is 5.10. The molecule has 0 radical (unpaired) electrons. The van der Waals surface area contributed by atoms with Gasteiger partial charge in [-0.1, -0.05) is 5.16 Å². The van der Waals surface area contributed by atoms with Crippen molar-refractivity contribution in [1.82, 2.24) is 0 Å². The molecule has 0 aromatic heterocycles. The Morgan fingerprint density at radius 2 is 1.11 bits per heavy atom. The summed E-state index contributed by atoms with van der Waals surface area (Å²) in [6, 6.07) is 6.63. The van der Waals surface area contributed by atoms with E-state index < -0.39 is 0 Å². The lowest BCUT2D eigenvalue weighted by molar-refractivity contribution is 0.321. The van der Waals surface area contributed by atoms with Gasteiger partial charge in [0.1, 0.15) is 0 Å². The Morgan fingerprint density at radius 1 is 0.667 bits per heavy atom. The largest absolute Gasteiger partial charge is 0.493 e. The first kappa shape index (κ1) is 19.8. The first-order valence-electron chi connectivity index (χ1n) is 7.77. The summed E-state index contributed by atoms with van der Waals surface area (Å²) < 4.78 is 26.5. The maximum atomic E-state index is 8.85. The quantitative estimate of drug-likeness (QED) is 0.324. The molecule has 1 N–H and O–H groups in total. The summed E-state index contributed by atoms with van der Waals surface area (Å²) in [5.74, 6) is 2.24. The number of rotatable bonds is 8. The highest BCUT2D eigenvalue weighted by Crippen LogP contribution is 2.41. The van der Waals surface area contributed by atoms with E-state index in [9.17, 15) is 0 Å². The van der Waals surface area contributed by atoms with E-state index in [-0.39, 0.29) is 0 Å². The first-order valence-corrected chi connectivity index (χ1v) is 7.77. The van der Waals surface area contributed by atoms with Gasteiger partial charge in [-0.25, -0.2) is 0 Å². The van der Waals surface area contributed by atoms with Gasteiger partial charge in [0.2, 0.25) is 5.75 Å². The van der Waals surface area contributed by atoms with Crippen LogP contribution in [0.3, 0.4) is 0 Å². The van der Waals surface area contributed by atoms with Crippen molar-refractivity contribution in [3.63, 3.8) is 0 Å². The molecule has 0 heterocycles. The van der Waals surface area contributed by atoms with Crippen molar-refractivity contribution in [2.24, 2.45) is 15.4 Å². The van der Waals surface area contributed by atoms with Gasteiger partial charge >= 0.3 is 0 Å². The molecule has 0 saturated heterocycles. The second kappa shape index (κ2) is 9.27. The van der Waals surface area contributed by atoms with Crippen LogP contribution in [-0.2, 0) is 0 Å². The van der Waals surface area contributed by atoms with Gasteiger partial charge in [-0.15, -0.1) is 0 Å². The van der Waals surface area contributed by atoms with Crippen molar-refractivity contribution in [1.29, 1.82) is 0 Å². The van der Waals surface area contributed by atoms with E-state index in [0.29, 0.717) is 45.7 Å². The van der Waals surface area contributed by atoms with Crippen molar-refractivity contribution < 1.29 is 28.9 Å². The lowest BCUT2D eigenvalue weighted by Crippen LogP contribution is -1.95. The SMILES string of the molecule is COc1cc(N=Nc2cc(OC)c(OC)c(OC)c2)cc(/C=N/O)c1OC. The summed E-state index contributed by atoms with van der Waals surface area (Å²) in [5.41, 5.74) is 1.45. The average molecular weight is 375 g/mol. The van der Waals surface area contributed by atoms with Crippen molar-refractivity contribution in [3.05, 3.63) is 29.8 Å².